The number of nitrogens with two attached hydrogens (primary N) is 2. The zero-order valence-corrected chi connectivity index (χ0v) is 10.5. The highest BCUT2D eigenvalue weighted by molar-refractivity contribution is 6.33. The number of ether oxygens (including phenoxy) is 1. The number of hydrogen-bond acceptors (Lipinski definition) is 4. The summed E-state index contributed by atoms with van der Waals surface area (Å²) in [6.45, 7) is 0. The highest BCUT2D eigenvalue weighted by atomic mass is 35.5. The first-order valence-corrected chi connectivity index (χ1v) is 5.56. The van der Waals surface area contributed by atoms with Crippen LogP contribution < -0.4 is 16.2 Å². The predicted octanol–water partition coefficient (Wildman–Crippen LogP) is 3.48. The molecule has 1 heterocycles. The van der Waals surface area contributed by atoms with Crippen LogP contribution in [0.3, 0.4) is 0 Å². The summed E-state index contributed by atoms with van der Waals surface area (Å²) in [4.78, 5) is 3.80. The molecule has 1 aromatic carbocycles. The molecule has 4 N–H and O–H groups in total. The molecular formula is C11H8Cl2FN3O. The third-order valence-electron chi connectivity index (χ3n) is 2.12. The number of hydrogen-bond donors (Lipinski definition) is 2. The Morgan fingerprint density at radius 3 is 2.50 bits per heavy atom. The van der Waals surface area contributed by atoms with Gasteiger partial charge in [0.1, 0.15) is 10.8 Å². The van der Waals surface area contributed by atoms with Gasteiger partial charge in [-0.15, -0.1) is 0 Å². The van der Waals surface area contributed by atoms with Crippen LogP contribution in [0.1, 0.15) is 0 Å². The second-order valence-corrected chi connectivity index (χ2v) is 4.27. The standard InChI is InChI=1S/C11H8Cl2FN3O/c12-5-1-6(4-17-3-5)18-11-8(16)2-7(15)9(13)10(11)14/h1-4H,15-16H2. The summed E-state index contributed by atoms with van der Waals surface area (Å²) < 4.78 is 19.1. The van der Waals surface area contributed by atoms with Gasteiger partial charge >= 0.3 is 0 Å². The Kier molecular flexibility index (Phi) is 3.45. The third-order valence-corrected chi connectivity index (χ3v) is 2.71. The van der Waals surface area contributed by atoms with Crippen molar-refractivity contribution in [3.8, 4) is 11.5 Å². The second-order valence-electron chi connectivity index (χ2n) is 3.45. The van der Waals surface area contributed by atoms with Crippen LogP contribution in [0, 0.1) is 5.82 Å². The number of nitrogens with zero attached hydrogens (tertiary/aromatic N) is 1. The minimum absolute atomic E-state index is 0.0365. The molecule has 4 nitrogen and oxygen atoms in total. The van der Waals surface area contributed by atoms with Gasteiger partial charge in [-0.25, -0.2) is 4.39 Å². The largest absolute Gasteiger partial charge is 0.450 e. The normalized spacial score (nSPS) is 10.4. The van der Waals surface area contributed by atoms with Crippen molar-refractivity contribution >= 4 is 34.6 Å². The zero-order valence-electron chi connectivity index (χ0n) is 8.95. The highest BCUT2D eigenvalue weighted by Gasteiger charge is 2.16. The van der Waals surface area contributed by atoms with Gasteiger partial charge < -0.3 is 16.2 Å². The fraction of sp³-hybridized carbons (Fsp3) is 0. The number of pyridine rings is 1. The number of halogens is 3. The minimum Gasteiger partial charge on any atom is -0.450 e. The van der Waals surface area contributed by atoms with E-state index in [4.69, 9.17) is 39.4 Å². The van der Waals surface area contributed by atoms with Crippen molar-refractivity contribution in [2.24, 2.45) is 0 Å². The number of rotatable bonds is 2. The lowest BCUT2D eigenvalue weighted by Crippen LogP contribution is -1.99. The van der Waals surface area contributed by atoms with E-state index in [1.807, 2.05) is 0 Å². The van der Waals surface area contributed by atoms with E-state index < -0.39 is 5.82 Å². The van der Waals surface area contributed by atoms with Gasteiger partial charge in [0.2, 0.25) is 0 Å². The molecule has 0 amide bonds. The average Bonchev–Trinajstić information content (AvgIpc) is 2.32. The first-order valence-electron chi connectivity index (χ1n) is 4.80. The van der Waals surface area contributed by atoms with Gasteiger partial charge in [-0.05, 0) is 6.07 Å². The van der Waals surface area contributed by atoms with E-state index in [2.05, 4.69) is 4.98 Å². The van der Waals surface area contributed by atoms with Crippen LogP contribution in [0.25, 0.3) is 0 Å². The zero-order chi connectivity index (χ0) is 13.3. The first-order chi connectivity index (χ1) is 8.49. The van der Waals surface area contributed by atoms with Crippen molar-refractivity contribution in [3.05, 3.63) is 40.4 Å². The average molecular weight is 288 g/mol. The molecule has 0 aliphatic carbocycles. The van der Waals surface area contributed by atoms with Crippen molar-refractivity contribution in [1.82, 2.24) is 4.98 Å². The van der Waals surface area contributed by atoms with Crippen molar-refractivity contribution in [2.75, 3.05) is 11.5 Å². The highest BCUT2D eigenvalue weighted by Crippen LogP contribution is 2.38. The Morgan fingerprint density at radius 1 is 1.11 bits per heavy atom. The molecule has 0 aliphatic rings. The van der Waals surface area contributed by atoms with Gasteiger partial charge in [-0.1, -0.05) is 23.2 Å². The maximum atomic E-state index is 13.8. The second kappa shape index (κ2) is 4.88. The summed E-state index contributed by atoms with van der Waals surface area (Å²) in [6.07, 6.45) is 2.79. The molecule has 0 radical (unpaired) electrons. The number of nitrogen functional groups attached to an aromatic ring is 2. The van der Waals surface area contributed by atoms with Crippen LogP contribution in [0.4, 0.5) is 15.8 Å². The lowest BCUT2D eigenvalue weighted by molar-refractivity contribution is 0.443. The topological polar surface area (TPSA) is 74.2 Å². The predicted molar refractivity (Wildman–Crippen MR) is 69.6 cm³/mol. The lowest BCUT2D eigenvalue weighted by atomic mass is 10.2. The van der Waals surface area contributed by atoms with E-state index in [0.29, 0.717) is 5.02 Å². The number of anilines is 2. The van der Waals surface area contributed by atoms with E-state index in [1.165, 1.54) is 24.5 Å². The molecule has 0 unspecified atom stereocenters. The van der Waals surface area contributed by atoms with E-state index in [0.717, 1.165) is 0 Å². The van der Waals surface area contributed by atoms with Crippen LogP contribution in [0.5, 0.6) is 11.5 Å². The Bertz CT molecular complexity index is 607. The van der Waals surface area contributed by atoms with E-state index >= 15 is 0 Å². The third kappa shape index (κ3) is 2.42. The summed E-state index contributed by atoms with van der Waals surface area (Å²) in [5.41, 5.74) is 11.2. The smallest absolute Gasteiger partial charge is 0.188 e. The molecule has 18 heavy (non-hydrogen) atoms. The fourth-order valence-electron chi connectivity index (χ4n) is 1.32. The quantitative estimate of drug-likeness (QED) is 0.829. The van der Waals surface area contributed by atoms with Gasteiger partial charge in [0.25, 0.3) is 0 Å². The monoisotopic (exact) mass is 287 g/mol. The summed E-state index contributed by atoms with van der Waals surface area (Å²) >= 11 is 11.4. The van der Waals surface area contributed by atoms with E-state index in [-0.39, 0.29) is 27.9 Å². The lowest BCUT2D eigenvalue weighted by Gasteiger charge is -2.11. The Labute approximate surface area is 112 Å². The molecule has 2 aromatic rings. The van der Waals surface area contributed by atoms with Crippen LogP contribution in [0.2, 0.25) is 10.0 Å². The number of benzene rings is 1. The van der Waals surface area contributed by atoms with Gasteiger partial charge in [-0.2, -0.15) is 0 Å². The minimum atomic E-state index is -0.825. The maximum absolute atomic E-state index is 13.8. The summed E-state index contributed by atoms with van der Waals surface area (Å²) in [6, 6.07) is 2.79. The van der Waals surface area contributed by atoms with Gasteiger partial charge in [0, 0.05) is 12.3 Å². The van der Waals surface area contributed by atoms with Gasteiger partial charge in [0.05, 0.1) is 22.6 Å². The fourth-order valence-corrected chi connectivity index (χ4v) is 1.62. The molecule has 0 bridgehead atoms. The van der Waals surface area contributed by atoms with Gasteiger partial charge in [-0.3, -0.25) is 4.98 Å². The molecule has 94 valence electrons. The van der Waals surface area contributed by atoms with Crippen molar-refractivity contribution in [3.63, 3.8) is 0 Å². The Morgan fingerprint density at radius 2 is 1.83 bits per heavy atom. The van der Waals surface area contributed by atoms with Crippen LogP contribution in [0.15, 0.2) is 24.5 Å². The molecule has 7 heteroatoms. The van der Waals surface area contributed by atoms with E-state index in [1.54, 1.807) is 0 Å². The Hall–Kier alpha value is -1.72. The van der Waals surface area contributed by atoms with Crippen molar-refractivity contribution < 1.29 is 9.13 Å². The SMILES string of the molecule is Nc1cc(N)c(Oc2cncc(Cl)c2)c(F)c1Cl. The van der Waals surface area contributed by atoms with Gasteiger partial charge in [0.15, 0.2) is 11.6 Å². The van der Waals surface area contributed by atoms with Crippen LogP contribution in [-0.2, 0) is 0 Å². The van der Waals surface area contributed by atoms with Crippen LogP contribution >= 0.6 is 23.2 Å². The number of aromatic nitrogens is 1. The summed E-state index contributed by atoms with van der Waals surface area (Å²) in [7, 11) is 0. The molecule has 1 aromatic heterocycles. The molecule has 0 saturated carbocycles. The molecule has 0 spiro atoms. The van der Waals surface area contributed by atoms with E-state index in [9.17, 15) is 4.39 Å². The van der Waals surface area contributed by atoms with Crippen molar-refractivity contribution in [2.45, 2.75) is 0 Å². The molecule has 0 fully saturated rings. The summed E-state index contributed by atoms with van der Waals surface area (Å²) in [5, 5.41) is 0.113. The van der Waals surface area contributed by atoms with Crippen LogP contribution in [-0.4, -0.2) is 4.98 Å². The maximum Gasteiger partial charge on any atom is 0.188 e. The summed E-state index contributed by atoms with van der Waals surface area (Å²) in [5.74, 6) is -0.790. The molecule has 0 atom stereocenters. The van der Waals surface area contributed by atoms with Crippen molar-refractivity contribution in [1.29, 1.82) is 0 Å². The molecule has 0 aliphatic heterocycles. The molecular weight excluding hydrogens is 280 g/mol. The first kappa shape index (κ1) is 12.7. The molecule has 2 rings (SSSR count). The molecule has 0 saturated heterocycles. The Balaban J connectivity index is 2.44.